The van der Waals surface area contributed by atoms with Crippen LogP contribution in [0.5, 0.6) is 0 Å². The molecular formula is C18H21N5O. The van der Waals surface area contributed by atoms with Crippen LogP contribution in [-0.4, -0.2) is 46.6 Å². The Bertz CT molecular complexity index is 831. The number of aromatic nitrogens is 3. The molecular weight excluding hydrogens is 302 g/mol. The molecule has 2 aromatic heterocycles. The van der Waals surface area contributed by atoms with Gasteiger partial charge in [-0.15, -0.1) is 0 Å². The molecule has 24 heavy (non-hydrogen) atoms. The average molecular weight is 323 g/mol. The van der Waals surface area contributed by atoms with E-state index in [2.05, 4.69) is 49.4 Å². The van der Waals surface area contributed by atoms with E-state index in [1.165, 1.54) is 16.5 Å². The maximum atomic E-state index is 5.94. The highest BCUT2D eigenvalue weighted by atomic mass is 16.5. The van der Waals surface area contributed by atoms with Crippen molar-refractivity contribution in [3.63, 3.8) is 0 Å². The van der Waals surface area contributed by atoms with Crippen molar-refractivity contribution in [1.82, 2.24) is 19.9 Å². The molecule has 3 aromatic rings. The van der Waals surface area contributed by atoms with E-state index in [-0.39, 0.29) is 6.10 Å². The van der Waals surface area contributed by atoms with Crippen LogP contribution in [0.4, 0.5) is 5.82 Å². The molecule has 1 aromatic carbocycles. The summed E-state index contributed by atoms with van der Waals surface area (Å²) in [6.07, 6.45) is 5.34. The molecule has 1 saturated heterocycles. The van der Waals surface area contributed by atoms with Gasteiger partial charge in [0.15, 0.2) is 0 Å². The first-order valence-corrected chi connectivity index (χ1v) is 8.22. The van der Waals surface area contributed by atoms with Crippen molar-refractivity contribution >= 4 is 16.7 Å². The van der Waals surface area contributed by atoms with Crippen LogP contribution in [0.1, 0.15) is 17.4 Å². The van der Waals surface area contributed by atoms with Crippen LogP contribution >= 0.6 is 0 Å². The third-order valence-corrected chi connectivity index (χ3v) is 4.44. The molecule has 0 spiro atoms. The second-order valence-electron chi connectivity index (χ2n) is 6.03. The minimum absolute atomic E-state index is 0.0517. The van der Waals surface area contributed by atoms with Crippen LogP contribution in [-0.2, 0) is 11.3 Å². The van der Waals surface area contributed by atoms with Gasteiger partial charge in [0.1, 0.15) is 17.6 Å². The lowest BCUT2D eigenvalue weighted by molar-refractivity contribution is -0.0347. The second-order valence-corrected chi connectivity index (χ2v) is 6.03. The van der Waals surface area contributed by atoms with E-state index in [9.17, 15) is 0 Å². The fourth-order valence-corrected chi connectivity index (χ4v) is 3.24. The second kappa shape index (κ2) is 6.59. The lowest BCUT2D eigenvalue weighted by Crippen LogP contribution is -2.38. The lowest BCUT2D eigenvalue weighted by atomic mass is 10.1. The number of hydrogen-bond acceptors (Lipinski definition) is 5. The van der Waals surface area contributed by atoms with Gasteiger partial charge in [-0.2, -0.15) is 0 Å². The summed E-state index contributed by atoms with van der Waals surface area (Å²) in [6, 6.07) is 8.68. The van der Waals surface area contributed by atoms with E-state index in [0.29, 0.717) is 6.61 Å². The highest BCUT2D eigenvalue weighted by molar-refractivity contribution is 5.79. The third kappa shape index (κ3) is 2.98. The molecule has 1 aliphatic rings. The number of H-pyrrole nitrogens is 1. The zero-order valence-electron chi connectivity index (χ0n) is 13.7. The van der Waals surface area contributed by atoms with Crippen LogP contribution in [0.2, 0.25) is 0 Å². The molecule has 0 amide bonds. The molecule has 6 nitrogen and oxygen atoms in total. The van der Waals surface area contributed by atoms with Gasteiger partial charge in [0.25, 0.3) is 0 Å². The predicted molar refractivity (Wildman–Crippen MR) is 93.8 cm³/mol. The van der Waals surface area contributed by atoms with Gasteiger partial charge in [-0.05, 0) is 23.1 Å². The van der Waals surface area contributed by atoms with Crippen molar-refractivity contribution in [2.24, 2.45) is 0 Å². The van der Waals surface area contributed by atoms with Gasteiger partial charge in [0.2, 0.25) is 0 Å². The normalized spacial score (nSPS) is 18.8. The Kier molecular flexibility index (Phi) is 4.15. The Morgan fingerprint density at radius 3 is 3.12 bits per heavy atom. The monoisotopic (exact) mass is 323 g/mol. The van der Waals surface area contributed by atoms with E-state index < -0.39 is 0 Å². The summed E-state index contributed by atoms with van der Waals surface area (Å²) in [5, 5.41) is 4.35. The summed E-state index contributed by atoms with van der Waals surface area (Å²) < 4.78 is 5.94. The molecule has 0 radical (unpaired) electrons. The first kappa shape index (κ1) is 15.1. The zero-order valence-corrected chi connectivity index (χ0v) is 13.7. The number of anilines is 1. The van der Waals surface area contributed by atoms with Gasteiger partial charge in [-0.25, -0.2) is 4.98 Å². The first-order chi connectivity index (χ1) is 11.8. The molecule has 1 fully saturated rings. The zero-order chi connectivity index (χ0) is 16.4. The van der Waals surface area contributed by atoms with Gasteiger partial charge in [-0.1, -0.05) is 12.1 Å². The number of hydrogen-bond donors (Lipinski definition) is 2. The molecule has 0 bridgehead atoms. The highest BCUT2D eigenvalue weighted by Crippen LogP contribution is 2.26. The van der Waals surface area contributed by atoms with E-state index in [0.717, 1.165) is 31.1 Å². The quantitative estimate of drug-likeness (QED) is 0.772. The number of benzene rings is 1. The number of fused-ring (bicyclic) bond motifs is 1. The molecule has 1 atom stereocenters. The molecule has 2 N–H and O–H groups in total. The van der Waals surface area contributed by atoms with E-state index >= 15 is 0 Å². The molecule has 0 saturated carbocycles. The van der Waals surface area contributed by atoms with Crippen LogP contribution < -0.4 is 5.32 Å². The summed E-state index contributed by atoms with van der Waals surface area (Å²) in [5.41, 5.74) is 3.37. The predicted octanol–water partition coefficient (Wildman–Crippen LogP) is 2.57. The highest BCUT2D eigenvalue weighted by Gasteiger charge is 2.25. The summed E-state index contributed by atoms with van der Waals surface area (Å²) in [6.45, 7) is 3.35. The van der Waals surface area contributed by atoms with Crippen molar-refractivity contribution in [2.45, 2.75) is 12.6 Å². The van der Waals surface area contributed by atoms with Crippen LogP contribution in [0, 0.1) is 0 Å². The van der Waals surface area contributed by atoms with Crippen molar-refractivity contribution < 1.29 is 4.74 Å². The van der Waals surface area contributed by atoms with Gasteiger partial charge in [0.05, 0.1) is 6.61 Å². The SMILES string of the molecule is CNc1nccnc1C1CN(Cc2ccc3cc[nH]c3c2)CCO1. The number of aromatic amines is 1. The minimum atomic E-state index is -0.0517. The Labute approximate surface area is 140 Å². The van der Waals surface area contributed by atoms with E-state index in [4.69, 9.17) is 4.74 Å². The van der Waals surface area contributed by atoms with Gasteiger partial charge >= 0.3 is 0 Å². The van der Waals surface area contributed by atoms with Crippen molar-refractivity contribution in [2.75, 3.05) is 32.1 Å². The topological polar surface area (TPSA) is 66.1 Å². The van der Waals surface area contributed by atoms with Gasteiger partial charge in [0, 0.05) is 50.8 Å². The molecule has 6 heteroatoms. The Hall–Kier alpha value is -2.44. The van der Waals surface area contributed by atoms with E-state index in [1.807, 2.05) is 13.2 Å². The first-order valence-electron chi connectivity index (χ1n) is 8.22. The summed E-state index contributed by atoms with van der Waals surface area (Å²) in [5.74, 6) is 0.789. The molecule has 0 aliphatic carbocycles. The number of nitrogens with zero attached hydrogens (tertiary/aromatic N) is 3. The van der Waals surface area contributed by atoms with Crippen molar-refractivity contribution in [3.05, 3.63) is 54.1 Å². The van der Waals surface area contributed by atoms with E-state index in [1.54, 1.807) is 12.4 Å². The van der Waals surface area contributed by atoms with Gasteiger partial charge < -0.3 is 15.0 Å². The molecule has 124 valence electrons. The summed E-state index contributed by atoms with van der Waals surface area (Å²) >= 11 is 0. The lowest BCUT2D eigenvalue weighted by Gasteiger charge is -2.33. The Balaban J connectivity index is 1.50. The molecule has 1 aliphatic heterocycles. The number of nitrogens with one attached hydrogen (secondary N) is 2. The Morgan fingerprint density at radius 1 is 1.29 bits per heavy atom. The summed E-state index contributed by atoms with van der Waals surface area (Å²) in [7, 11) is 1.86. The molecule has 1 unspecified atom stereocenters. The standard InChI is InChI=1S/C18H21N5O/c1-19-18-17(21-6-7-22-18)16-12-23(8-9-24-16)11-13-2-3-14-4-5-20-15(14)10-13/h2-7,10,16,20H,8-9,11-12H2,1H3,(H,19,22). The number of morpholine rings is 1. The minimum Gasteiger partial charge on any atom is -0.372 e. The van der Waals surface area contributed by atoms with Gasteiger partial charge in [-0.3, -0.25) is 9.88 Å². The smallest absolute Gasteiger partial charge is 0.150 e. The van der Waals surface area contributed by atoms with Crippen LogP contribution in [0.25, 0.3) is 10.9 Å². The van der Waals surface area contributed by atoms with Crippen LogP contribution in [0.15, 0.2) is 42.9 Å². The van der Waals surface area contributed by atoms with Crippen molar-refractivity contribution in [1.29, 1.82) is 0 Å². The third-order valence-electron chi connectivity index (χ3n) is 4.44. The largest absolute Gasteiger partial charge is 0.372 e. The maximum Gasteiger partial charge on any atom is 0.150 e. The van der Waals surface area contributed by atoms with Crippen molar-refractivity contribution in [3.8, 4) is 0 Å². The average Bonchev–Trinajstić information content (AvgIpc) is 3.10. The Morgan fingerprint density at radius 2 is 2.21 bits per heavy atom. The fraction of sp³-hybridized carbons (Fsp3) is 0.333. The fourth-order valence-electron chi connectivity index (χ4n) is 3.24. The van der Waals surface area contributed by atoms with Crippen LogP contribution in [0.3, 0.4) is 0 Å². The molecule has 3 heterocycles. The number of ether oxygens (including phenoxy) is 1. The maximum absolute atomic E-state index is 5.94. The molecule has 4 rings (SSSR count). The number of rotatable bonds is 4. The summed E-state index contributed by atoms with van der Waals surface area (Å²) in [4.78, 5) is 14.5.